The van der Waals surface area contributed by atoms with Gasteiger partial charge >= 0.3 is 0 Å². The van der Waals surface area contributed by atoms with Crippen LogP contribution in [-0.4, -0.2) is 15.9 Å². The molecule has 0 aliphatic heterocycles. The number of amides is 1. The van der Waals surface area contributed by atoms with Gasteiger partial charge in [0.25, 0.3) is 5.91 Å². The fourth-order valence-electron chi connectivity index (χ4n) is 2.15. The number of aromatic nitrogens is 2. The van der Waals surface area contributed by atoms with Gasteiger partial charge in [0.15, 0.2) is 11.6 Å². The van der Waals surface area contributed by atoms with Crippen LogP contribution in [0.5, 0.6) is 0 Å². The molecule has 0 unspecified atom stereocenters. The number of rotatable bonds is 4. The van der Waals surface area contributed by atoms with Crippen LogP contribution in [0.25, 0.3) is 0 Å². The molecule has 0 saturated heterocycles. The summed E-state index contributed by atoms with van der Waals surface area (Å²) < 4.78 is 26.1. The molecule has 5 nitrogen and oxygen atoms in total. The average Bonchev–Trinajstić information content (AvgIpc) is 2.63. The van der Waals surface area contributed by atoms with E-state index in [1.54, 1.807) is 12.1 Å². The van der Waals surface area contributed by atoms with Crippen molar-refractivity contribution in [3.8, 4) is 0 Å². The van der Waals surface area contributed by atoms with Crippen molar-refractivity contribution in [1.29, 1.82) is 0 Å². The first-order valence-corrected chi connectivity index (χ1v) is 7.92. The third-order valence-electron chi connectivity index (χ3n) is 3.61. The summed E-state index contributed by atoms with van der Waals surface area (Å²) in [5.41, 5.74) is 1.89. The highest BCUT2D eigenvalue weighted by molar-refractivity contribution is 6.31. The molecule has 3 rings (SSSR count). The van der Waals surface area contributed by atoms with Crippen molar-refractivity contribution in [2.24, 2.45) is 0 Å². The van der Waals surface area contributed by atoms with Gasteiger partial charge in [-0.25, -0.2) is 18.7 Å². The summed E-state index contributed by atoms with van der Waals surface area (Å²) in [6.07, 6.45) is 2.65. The molecule has 0 fully saturated rings. The molecule has 0 aliphatic rings. The maximum atomic E-state index is 13.2. The number of hydrogen-bond donors (Lipinski definition) is 2. The van der Waals surface area contributed by atoms with E-state index in [0.29, 0.717) is 11.0 Å². The second-order valence-electron chi connectivity index (χ2n) is 5.42. The van der Waals surface area contributed by atoms with Crippen molar-refractivity contribution < 1.29 is 13.6 Å². The first kappa shape index (κ1) is 17.8. The Morgan fingerprint density at radius 1 is 1.08 bits per heavy atom. The van der Waals surface area contributed by atoms with E-state index in [1.165, 1.54) is 18.5 Å². The van der Waals surface area contributed by atoms with Crippen LogP contribution in [-0.2, 0) is 0 Å². The zero-order chi connectivity index (χ0) is 18.7. The number of anilines is 3. The van der Waals surface area contributed by atoms with Gasteiger partial charge in [-0.15, -0.1) is 0 Å². The Balaban J connectivity index is 1.71. The highest BCUT2D eigenvalue weighted by Gasteiger charge is 2.10. The second kappa shape index (κ2) is 7.45. The highest BCUT2D eigenvalue weighted by atomic mass is 35.5. The third-order valence-corrected chi connectivity index (χ3v) is 4.02. The van der Waals surface area contributed by atoms with E-state index in [4.69, 9.17) is 11.6 Å². The normalized spacial score (nSPS) is 10.5. The summed E-state index contributed by atoms with van der Waals surface area (Å²) >= 11 is 6.06. The molecule has 1 amide bonds. The molecule has 0 spiro atoms. The number of hydrogen-bond acceptors (Lipinski definition) is 4. The molecule has 0 atom stereocenters. The molecule has 0 aliphatic carbocycles. The number of benzene rings is 2. The maximum Gasteiger partial charge on any atom is 0.258 e. The summed E-state index contributed by atoms with van der Waals surface area (Å²) in [6.45, 7) is 1.86. The van der Waals surface area contributed by atoms with E-state index in [9.17, 15) is 13.6 Å². The Morgan fingerprint density at radius 2 is 1.81 bits per heavy atom. The first-order chi connectivity index (χ1) is 12.4. The lowest BCUT2D eigenvalue weighted by Crippen LogP contribution is -2.13. The first-order valence-electron chi connectivity index (χ1n) is 7.54. The van der Waals surface area contributed by atoms with E-state index >= 15 is 0 Å². The molecule has 0 saturated carbocycles. The molecule has 8 heteroatoms. The summed E-state index contributed by atoms with van der Waals surface area (Å²) in [6, 6.07) is 8.48. The molecule has 1 heterocycles. The summed E-state index contributed by atoms with van der Waals surface area (Å²) in [7, 11) is 0. The van der Waals surface area contributed by atoms with Crippen LogP contribution in [0.1, 0.15) is 15.9 Å². The molecular formula is C18H13ClF2N4O. The topological polar surface area (TPSA) is 66.9 Å². The lowest BCUT2D eigenvalue weighted by atomic mass is 10.2. The summed E-state index contributed by atoms with van der Waals surface area (Å²) in [4.78, 5) is 20.3. The smallest absolute Gasteiger partial charge is 0.258 e. The van der Waals surface area contributed by atoms with Gasteiger partial charge in [0, 0.05) is 34.9 Å². The van der Waals surface area contributed by atoms with Crippen molar-refractivity contribution in [2.45, 2.75) is 6.92 Å². The van der Waals surface area contributed by atoms with E-state index < -0.39 is 17.5 Å². The predicted molar refractivity (Wildman–Crippen MR) is 95.8 cm³/mol. The van der Waals surface area contributed by atoms with E-state index in [-0.39, 0.29) is 11.3 Å². The SMILES string of the molecule is Cc1c(Cl)cccc1Nc1ncc(C(=O)Nc2ccc(F)c(F)c2)cn1. The number of nitrogens with one attached hydrogen (secondary N) is 2. The van der Waals surface area contributed by atoms with Crippen LogP contribution in [0.3, 0.4) is 0 Å². The van der Waals surface area contributed by atoms with E-state index in [2.05, 4.69) is 20.6 Å². The van der Waals surface area contributed by atoms with Gasteiger partial charge in [-0.1, -0.05) is 17.7 Å². The molecular weight excluding hydrogens is 362 g/mol. The van der Waals surface area contributed by atoms with E-state index in [0.717, 1.165) is 23.4 Å². The van der Waals surface area contributed by atoms with Crippen LogP contribution in [0.2, 0.25) is 5.02 Å². The summed E-state index contributed by atoms with van der Waals surface area (Å²) in [5, 5.41) is 6.07. The zero-order valence-corrected chi connectivity index (χ0v) is 14.3. The van der Waals surface area contributed by atoms with Crippen molar-refractivity contribution in [3.05, 3.63) is 76.6 Å². The quantitative estimate of drug-likeness (QED) is 0.694. The van der Waals surface area contributed by atoms with Crippen LogP contribution in [0, 0.1) is 18.6 Å². The van der Waals surface area contributed by atoms with Gasteiger partial charge in [0.2, 0.25) is 5.95 Å². The molecule has 26 heavy (non-hydrogen) atoms. The van der Waals surface area contributed by atoms with E-state index in [1.807, 2.05) is 13.0 Å². The molecule has 132 valence electrons. The summed E-state index contributed by atoms with van der Waals surface area (Å²) in [5.74, 6) is -2.28. The predicted octanol–water partition coefficient (Wildman–Crippen LogP) is 4.71. The third kappa shape index (κ3) is 3.94. The monoisotopic (exact) mass is 374 g/mol. The van der Waals surface area contributed by atoms with Gasteiger partial charge in [-0.2, -0.15) is 0 Å². The number of nitrogens with zero attached hydrogens (tertiary/aromatic N) is 2. The molecule has 3 aromatic rings. The molecule has 0 radical (unpaired) electrons. The standard InChI is InChI=1S/C18H13ClF2N4O/c1-10-13(19)3-2-4-16(10)25-18-22-8-11(9-23-18)17(26)24-12-5-6-14(20)15(21)7-12/h2-9H,1H3,(H,24,26)(H,22,23,25). The highest BCUT2D eigenvalue weighted by Crippen LogP contribution is 2.24. The van der Waals surface area contributed by atoms with Crippen molar-refractivity contribution in [3.63, 3.8) is 0 Å². The number of carbonyl (C=O) groups excluding carboxylic acids is 1. The van der Waals surface area contributed by atoms with Gasteiger partial charge in [-0.3, -0.25) is 4.79 Å². The van der Waals surface area contributed by atoms with Gasteiger partial charge in [0.1, 0.15) is 0 Å². The fraction of sp³-hybridized carbons (Fsp3) is 0.0556. The largest absolute Gasteiger partial charge is 0.324 e. The Morgan fingerprint density at radius 3 is 2.50 bits per heavy atom. The lowest BCUT2D eigenvalue weighted by molar-refractivity contribution is 0.102. The van der Waals surface area contributed by atoms with Crippen molar-refractivity contribution >= 4 is 34.8 Å². The van der Waals surface area contributed by atoms with Crippen LogP contribution >= 0.6 is 11.6 Å². The molecule has 2 N–H and O–H groups in total. The molecule has 0 bridgehead atoms. The van der Waals surface area contributed by atoms with Gasteiger partial charge in [-0.05, 0) is 36.8 Å². The Hall–Kier alpha value is -3.06. The van der Waals surface area contributed by atoms with Crippen molar-refractivity contribution in [2.75, 3.05) is 10.6 Å². The average molecular weight is 375 g/mol. The second-order valence-corrected chi connectivity index (χ2v) is 5.82. The Labute approximate surface area is 153 Å². The van der Waals surface area contributed by atoms with Crippen LogP contribution in [0.4, 0.5) is 26.1 Å². The van der Waals surface area contributed by atoms with Crippen LogP contribution < -0.4 is 10.6 Å². The minimum Gasteiger partial charge on any atom is -0.324 e. The fourth-order valence-corrected chi connectivity index (χ4v) is 2.32. The lowest BCUT2D eigenvalue weighted by Gasteiger charge is -2.09. The number of carbonyl (C=O) groups is 1. The maximum absolute atomic E-state index is 13.2. The molecule has 1 aromatic heterocycles. The minimum absolute atomic E-state index is 0.130. The Kier molecular flexibility index (Phi) is 5.09. The van der Waals surface area contributed by atoms with Crippen LogP contribution in [0.15, 0.2) is 48.8 Å². The van der Waals surface area contributed by atoms with Gasteiger partial charge < -0.3 is 10.6 Å². The minimum atomic E-state index is -1.05. The number of halogens is 3. The van der Waals surface area contributed by atoms with Crippen molar-refractivity contribution in [1.82, 2.24) is 9.97 Å². The molecule has 2 aromatic carbocycles. The Bertz CT molecular complexity index is 964. The zero-order valence-electron chi connectivity index (χ0n) is 13.6. The van der Waals surface area contributed by atoms with Gasteiger partial charge in [0.05, 0.1) is 5.56 Å².